The third kappa shape index (κ3) is 3.89. The van der Waals surface area contributed by atoms with E-state index in [4.69, 9.17) is 11.6 Å². The minimum atomic E-state index is -2.73. The maximum absolute atomic E-state index is 11.4. The van der Waals surface area contributed by atoms with Crippen LogP contribution >= 0.6 is 11.6 Å². The first-order valence-corrected chi connectivity index (χ1v) is 7.15. The molecular formula is C16H14ClKN2O4. The normalized spacial score (nSPS) is 18.3. The van der Waals surface area contributed by atoms with Crippen molar-refractivity contribution >= 4 is 29.0 Å². The van der Waals surface area contributed by atoms with E-state index in [-0.39, 0.29) is 52.8 Å². The van der Waals surface area contributed by atoms with Crippen LogP contribution in [-0.2, 0) is 4.79 Å². The van der Waals surface area contributed by atoms with Gasteiger partial charge < -0.3 is 22.1 Å². The zero-order valence-corrected chi connectivity index (χ0v) is 16.7. The third-order valence-electron chi connectivity index (χ3n) is 3.48. The van der Waals surface area contributed by atoms with E-state index in [1.807, 2.05) is 6.07 Å². The number of nitrogens with zero attached hydrogens (tertiary/aromatic N) is 1. The summed E-state index contributed by atoms with van der Waals surface area (Å²) in [7, 11) is 0. The van der Waals surface area contributed by atoms with E-state index in [1.165, 1.54) is 0 Å². The Balaban J connectivity index is 0.00000156. The second kappa shape index (κ2) is 7.63. The number of nitrogens with one attached hydrogen (secondary N) is 1. The minimum absolute atomic E-state index is 0. The Morgan fingerprint density at radius 1 is 1.21 bits per heavy atom. The van der Waals surface area contributed by atoms with Crippen LogP contribution in [0.3, 0.4) is 0 Å². The number of benzene rings is 2. The van der Waals surface area contributed by atoms with Crippen molar-refractivity contribution in [3.05, 3.63) is 64.7 Å². The largest absolute Gasteiger partial charge is 1.00 e. The van der Waals surface area contributed by atoms with Gasteiger partial charge in [0.2, 0.25) is 6.04 Å². The molecular weight excluding hydrogens is 359 g/mol. The molecule has 0 aliphatic carbocycles. The summed E-state index contributed by atoms with van der Waals surface area (Å²) in [5, 5.41) is 32.3. The monoisotopic (exact) mass is 372 g/mol. The molecule has 1 heterocycles. The zero-order valence-electron chi connectivity index (χ0n) is 13.8. The SMILES string of the molecule is O=C(O)C1N=C(c2ccccc2)c2cc(Cl)ccc2NC1(O)O.[H-].[K+]. The Morgan fingerprint density at radius 3 is 2.50 bits per heavy atom. The molecule has 0 amide bonds. The van der Waals surface area contributed by atoms with Crippen molar-refractivity contribution in [3.63, 3.8) is 0 Å². The zero-order chi connectivity index (χ0) is 16.6. The van der Waals surface area contributed by atoms with E-state index in [2.05, 4.69) is 10.3 Å². The summed E-state index contributed by atoms with van der Waals surface area (Å²) in [5.74, 6) is -4.19. The first-order valence-electron chi connectivity index (χ1n) is 6.77. The number of carboxylic acids is 1. The van der Waals surface area contributed by atoms with Gasteiger partial charge in [0.15, 0.2) is 0 Å². The number of carbonyl (C=O) groups is 1. The molecule has 6 nitrogen and oxygen atoms in total. The number of hydrogen-bond donors (Lipinski definition) is 4. The Morgan fingerprint density at radius 2 is 1.88 bits per heavy atom. The second-order valence-electron chi connectivity index (χ2n) is 5.13. The van der Waals surface area contributed by atoms with Crippen molar-refractivity contribution in [2.24, 2.45) is 4.99 Å². The summed E-state index contributed by atoms with van der Waals surface area (Å²) in [4.78, 5) is 15.5. The minimum Gasteiger partial charge on any atom is -1.00 e. The van der Waals surface area contributed by atoms with E-state index < -0.39 is 17.9 Å². The van der Waals surface area contributed by atoms with Gasteiger partial charge in [0.25, 0.3) is 5.91 Å². The first-order chi connectivity index (χ1) is 10.9. The number of hydrogen-bond acceptors (Lipinski definition) is 5. The van der Waals surface area contributed by atoms with Crippen LogP contribution in [0.15, 0.2) is 53.5 Å². The van der Waals surface area contributed by atoms with E-state index in [0.29, 0.717) is 27.5 Å². The summed E-state index contributed by atoms with van der Waals surface area (Å²) < 4.78 is 0. The van der Waals surface area contributed by atoms with Gasteiger partial charge in [-0.1, -0.05) is 41.9 Å². The number of aliphatic hydroxyl groups is 2. The predicted molar refractivity (Wildman–Crippen MR) is 86.9 cm³/mol. The smallest absolute Gasteiger partial charge is 1.00 e. The fourth-order valence-corrected chi connectivity index (χ4v) is 2.60. The van der Waals surface area contributed by atoms with Crippen LogP contribution in [0.1, 0.15) is 12.6 Å². The van der Waals surface area contributed by atoms with Gasteiger partial charge in [0, 0.05) is 21.8 Å². The topological polar surface area (TPSA) is 102 Å². The quantitative estimate of drug-likeness (QED) is 0.392. The maximum Gasteiger partial charge on any atom is 1.00 e. The molecule has 1 aliphatic heterocycles. The molecule has 4 N–H and O–H groups in total. The summed E-state index contributed by atoms with van der Waals surface area (Å²) in [6.07, 6.45) is 0. The van der Waals surface area contributed by atoms with Crippen LogP contribution in [0.4, 0.5) is 5.69 Å². The average molecular weight is 373 g/mol. The van der Waals surface area contributed by atoms with Gasteiger partial charge in [-0.15, -0.1) is 0 Å². The molecule has 1 unspecified atom stereocenters. The van der Waals surface area contributed by atoms with Crippen LogP contribution in [0.2, 0.25) is 5.02 Å². The van der Waals surface area contributed by atoms with Crippen LogP contribution in [-0.4, -0.2) is 39.0 Å². The van der Waals surface area contributed by atoms with Crippen molar-refractivity contribution in [2.75, 3.05) is 5.32 Å². The maximum atomic E-state index is 11.4. The standard InChI is InChI=1S/C16H13ClN2O4.K.H/c17-10-6-7-12-11(8-10)13(9-4-2-1-3-5-9)18-14(15(20)21)16(22,23)19-12;;/h1-8,14,19,22-23H,(H,20,21);;/q;+1;-1. The number of aliphatic imine (C=N–C) groups is 1. The molecule has 0 aromatic heterocycles. The van der Waals surface area contributed by atoms with Crippen LogP contribution < -0.4 is 56.7 Å². The van der Waals surface area contributed by atoms with E-state index in [9.17, 15) is 20.1 Å². The van der Waals surface area contributed by atoms with Crippen molar-refractivity contribution in [2.45, 2.75) is 12.0 Å². The molecule has 1 atom stereocenters. The molecule has 8 heteroatoms. The van der Waals surface area contributed by atoms with Gasteiger partial charge in [-0.2, -0.15) is 0 Å². The number of rotatable bonds is 2. The number of halogens is 1. The van der Waals surface area contributed by atoms with Gasteiger partial charge in [-0.3, -0.25) is 4.99 Å². The summed E-state index contributed by atoms with van der Waals surface area (Å²) in [6, 6.07) is 11.8. The van der Waals surface area contributed by atoms with Crippen molar-refractivity contribution in [3.8, 4) is 0 Å². The van der Waals surface area contributed by atoms with E-state index in [0.717, 1.165) is 0 Å². The summed E-state index contributed by atoms with van der Waals surface area (Å²) in [6.45, 7) is 0. The average Bonchev–Trinajstić information content (AvgIpc) is 2.61. The second-order valence-corrected chi connectivity index (χ2v) is 5.56. The molecule has 0 saturated carbocycles. The molecule has 2 aromatic rings. The van der Waals surface area contributed by atoms with E-state index in [1.54, 1.807) is 42.5 Å². The van der Waals surface area contributed by atoms with Gasteiger partial charge in [0.05, 0.1) is 5.71 Å². The Hall–Kier alpha value is -0.774. The summed E-state index contributed by atoms with van der Waals surface area (Å²) in [5.41, 5.74) is 1.76. The Bertz CT molecular complexity index is 802. The van der Waals surface area contributed by atoms with Crippen molar-refractivity contribution in [1.29, 1.82) is 0 Å². The molecule has 120 valence electrons. The fraction of sp³-hybridized carbons (Fsp3) is 0.125. The molecule has 0 bridgehead atoms. The van der Waals surface area contributed by atoms with Crippen LogP contribution in [0.5, 0.6) is 0 Å². The molecule has 0 spiro atoms. The van der Waals surface area contributed by atoms with Crippen LogP contribution in [0.25, 0.3) is 0 Å². The third-order valence-corrected chi connectivity index (χ3v) is 3.71. The van der Waals surface area contributed by atoms with Gasteiger partial charge >= 0.3 is 57.4 Å². The molecule has 3 rings (SSSR count). The van der Waals surface area contributed by atoms with Crippen LogP contribution in [0, 0.1) is 0 Å². The number of carboxylic acid groups (broad SMARTS) is 1. The molecule has 24 heavy (non-hydrogen) atoms. The molecule has 0 fully saturated rings. The Kier molecular flexibility index (Phi) is 6.22. The van der Waals surface area contributed by atoms with E-state index >= 15 is 0 Å². The van der Waals surface area contributed by atoms with Crippen molar-refractivity contribution < 1.29 is 72.9 Å². The summed E-state index contributed by atoms with van der Waals surface area (Å²) >= 11 is 6.03. The number of benzodiazepines with no additional fused rings is 1. The molecule has 2 aromatic carbocycles. The van der Waals surface area contributed by atoms with Gasteiger partial charge in [-0.05, 0) is 18.2 Å². The number of anilines is 1. The molecule has 0 radical (unpaired) electrons. The van der Waals surface area contributed by atoms with Crippen molar-refractivity contribution in [1.82, 2.24) is 0 Å². The number of aliphatic carboxylic acids is 1. The number of fused-ring (bicyclic) bond motifs is 1. The van der Waals surface area contributed by atoms with Gasteiger partial charge in [-0.25, -0.2) is 4.79 Å². The fourth-order valence-electron chi connectivity index (χ4n) is 2.43. The molecule has 0 saturated heterocycles. The predicted octanol–water partition coefficient (Wildman–Crippen LogP) is -1.19. The first kappa shape index (κ1) is 19.5. The van der Waals surface area contributed by atoms with Gasteiger partial charge in [0.1, 0.15) is 0 Å². The molecule has 1 aliphatic rings. The Labute approximate surface area is 187 Å².